The molecule has 0 bridgehead atoms. The second-order valence-electron chi connectivity index (χ2n) is 7.92. The zero-order valence-electron chi connectivity index (χ0n) is 17.3. The molecule has 0 aromatic carbocycles. The number of ether oxygens (including phenoxy) is 1. The summed E-state index contributed by atoms with van der Waals surface area (Å²) in [5, 5.41) is 6.74. The summed E-state index contributed by atoms with van der Waals surface area (Å²) in [5.41, 5.74) is 5.62. The van der Waals surface area contributed by atoms with Crippen molar-refractivity contribution in [3.63, 3.8) is 0 Å². The number of allylic oxidation sites excluding steroid dienone is 1. The van der Waals surface area contributed by atoms with E-state index in [2.05, 4.69) is 29.0 Å². The van der Waals surface area contributed by atoms with Crippen molar-refractivity contribution in [2.75, 3.05) is 6.54 Å². The first-order chi connectivity index (χ1) is 12.7. The molecule has 0 aliphatic rings. The number of alkyl carbamates (subject to hydrolysis) is 1. The number of carbonyl (C=O) groups is 1. The lowest BCUT2D eigenvalue weighted by atomic mass is 9.96. The number of aromatic nitrogens is 2. The highest BCUT2D eigenvalue weighted by Crippen LogP contribution is 2.18. The van der Waals surface area contributed by atoms with Crippen molar-refractivity contribution in [2.45, 2.75) is 84.3 Å². The van der Waals surface area contributed by atoms with E-state index in [9.17, 15) is 4.79 Å². The molecule has 0 aliphatic heterocycles. The first-order valence-corrected chi connectivity index (χ1v) is 9.91. The molecule has 2 atom stereocenters. The molecule has 2 unspecified atom stereocenters. The smallest absolute Gasteiger partial charge is 0.407 e. The Kier molecular flexibility index (Phi) is 10.1. The van der Waals surface area contributed by atoms with Crippen LogP contribution in [0, 0.1) is 5.92 Å². The molecule has 1 rings (SSSR count). The summed E-state index contributed by atoms with van der Waals surface area (Å²) in [6.07, 6.45) is 8.09. The summed E-state index contributed by atoms with van der Waals surface area (Å²) in [6.45, 7) is 12.0. The Labute approximate surface area is 163 Å². The van der Waals surface area contributed by atoms with Gasteiger partial charge in [-0.05, 0) is 58.8 Å². The van der Waals surface area contributed by atoms with Gasteiger partial charge in [0.15, 0.2) is 5.82 Å². The minimum absolute atomic E-state index is 0.323. The van der Waals surface area contributed by atoms with Crippen molar-refractivity contribution in [1.29, 1.82) is 0 Å². The van der Waals surface area contributed by atoms with Crippen molar-refractivity contribution in [2.24, 2.45) is 11.7 Å². The van der Waals surface area contributed by atoms with Gasteiger partial charge in [-0.1, -0.05) is 24.6 Å². The van der Waals surface area contributed by atoms with Crippen LogP contribution in [0.4, 0.5) is 4.79 Å². The molecule has 0 saturated carbocycles. The van der Waals surface area contributed by atoms with Crippen LogP contribution in [0.2, 0.25) is 0 Å². The van der Waals surface area contributed by atoms with E-state index in [1.807, 2.05) is 26.8 Å². The monoisotopic (exact) mass is 380 g/mol. The van der Waals surface area contributed by atoms with E-state index < -0.39 is 11.7 Å². The lowest BCUT2D eigenvalue weighted by molar-refractivity contribution is 0.0526. The highest BCUT2D eigenvalue weighted by Gasteiger charge is 2.17. The lowest BCUT2D eigenvalue weighted by Crippen LogP contribution is -2.33. The first-order valence-electron chi connectivity index (χ1n) is 9.91. The molecule has 0 fully saturated rings. The van der Waals surface area contributed by atoms with E-state index in [1.165, 1.54) is 0 Å². The maximum Gasteiger partial charge on any atom is 0.407 e. The fourth-order valence-electron chi connectivity index (χ4n) is 2.74. The summed E-state index contributed by atoms with van der Waals surface area (Å²) in [6, 6.07) is -0.323. The van der Waals surface area contributed by atoms with Crippen molar-refractivity contribution >= 4 is 6.09 Å². The number of nitrogens with zero attached hydrogens (tertiary/aromatic N) is 2. The maximum absolute atomic E-state index is 11.6. The van der Waals surface area contributed by atoms with E-state index in [4.69, 9.17) is 15.0 Å². The minimum Gasteiger partial charge on any atom is -0.444 e. The van der Waals surface area contributed by atoms with E-state index in [1.54, 1.807) is 0 Å². The third-order valence-corrected chi connectivity index (χ3v) is 4.25. The highest BCUT2D eigenvalue weighted by molar-refractivity contribution is 5.67. The van der Waals surface area contributed by atoms with Crippen LogP contribution in [0.5, 0.6) is 0 Å². The zero-order chi connectivity index (χ0) is 20.3. The fraction of sp³-hybridized carbons (Fsp3) is 0.750. The van der Waals surface area contributed by atoms with Crippen LogP contribution in [0.15, 0.2) is 17.2 Å². The van der Waals surface area contributed by atoms with E-state index >= 15 is 0 Å². The van der Waals surface area contributed by atoms with Gasteiger partial charge in [-0.25, -0.2) is 4.79 Å². The summed E-state index contributed by atoms with van der Waals surface area (Å²) >= 11 is 0. The Bertz CT molecular complexity index is 566. The third kappa shape index (κ3) is 10.1. The Morgan fingerprint density at radius 1 is 1.37 bits per heavy atom. The van der Waals surface area contributed by atoms with Crippen LogP contribution < -0.4 is 11.1 Å². The SMILES string of the molecule is C=CCC(CC)CCCc1noc(C(N)CCCNC(=O)OC(C)(C)C)n1. The topological polar surface area (TPSA) is 103 Å². The second kappa shape index (κ2) is 11.7. The predicted molar refractivity (Wildman–Crippen MR) is 106 cm³/mol. The highest BCUT2D eigenvalue weighted by atomic mass is 16.6. The van der Waals surface area contributed by atoms with Crippen LogP contribution in [0.3, 0.4) is 0 Å². The molecular weight excluding hydrogens is 344 g/mol. The van der Waals surface area contributed by atoms with Gasteiger partial charge in [-0.15, -0.1) is 6.58 Å². The molecule has 7 nitrogen and oxygen atoms in total. The quantitative estimate of drug-likeness (QED) is 0.414. The Balaban J connectivity index is 2.27. The number of carbonyl (C=O) groups excluding carboxylic acids is 1. The molecule has 1 amide bonds. The zero-order valence-corrected chi connectivity index (χ0v) is 17.3. The summed E-state index contributed by atoms with van der Waals surface area (Å²) in [7, 11) is 0. The van der Waals surface area contributed by atoms with E-state index in [0.717, 1.165) is 32.1 Å². The number of amides is 1. The largest absolute Gasteiger partial charge is 0.444 e. The normalized spacial score (nSPS) is 13.8. The van der Waals surface area contributed by atoms with Crippen molar-refractivity contribution in [1.82, 2.24) is 15.5 Å². The van der Waals surface area contributed by atoms with Gasteiger partial charge < -0.3 is 20.3 Å². The molecule has 1 aromatic heterocycles. The predicted octanol–water partition coefficient (Wildman–Crippen LogP) is 4.30. The van der Waals surface area contributed by atoms with Crippen LogP contribution in [-0.4, -0.2) is 28.4 Å². The number of hydrogen-bond acceptors (Lipinski definition) is 6. The lowest BCUT2D eigenvalue weighted by Gasteiger charge is -2.19. The van der Waals surface area contributed by atoms with Gasteiger partial charge in [0, 0.05) is 13.0 Å². The Morgan fingerprint density at radius 2 is 2.11 bits per heavy atom. The third-order valence-electron chi connectivity index (χ3n) is 4.25. The molecule has 0 saturated heterocycles. The molecule has 1 aromatic rings. The van der Waals surface area contributed by atoms with Crippen molar-refractivity contribution in [3.05, 3.63) is 24.4 Å². The number of rotatable bonds is 12. The minimum atomic E-state index is -0.497. The van der Waals surface area contributed by atoms with Crippen LogP contribution in [0.1, 0.15) is 84.0 Å². The molecular formula is C20H36N4O3. The van der Waals surface area contributed by atoms with Crippen LogP contribution >= 0.6 is 0 Å². The molecule has 154 valence electrons. The number of nitrogens with one attached hydrogen (secondary N) is 1. The molecule has 0 aliphatic carbocycles. The number of aryl methyl sites for hydroxylation is 1. The first kappa shape index (κ1) is 23.1. The molecule has 0 radical (unpaired) electrons. The standard InChI is InChI=1S/C20H36N4O3/c1-6-10-15(7-2)11-8-13-17-23-18(27-24-17)16(21)12-9-14-22-19(25)26-20(3,4)5/h6,15-16H,1,7-14,21H2,2-5H3,(H,22,25). The van der Waals surface area contributed by atoms with Gasteiger partial charge >= 0.3 is 6.09 Å². The average molecular weight is 381 g/mol. The van der Waals surface area contributed by atoms with Crippen molar-refractivity contribution < 1.29 is 14.1 Å². The molecule has 3 N–H and O–H groups in total. The molecule has 0 spiro atoms. The Hall–Kier alpha value is -1.89. The molecule has 27 heavy (non-hydrogen) atoms. The maximum atomic E-state index is 11.6. The summed E-state index contributed by atoms with van der Waals surface area (Å²) < 4.78 is 10.5. The van der Waals surface area contributed by atoms with Gasteiger partial charge in [0.2, 0.25) is 5.89 Å². The van der Waals surface area contributed by atoms with Crippen LogP contribution in [-0.2, 0) is 11.2 Å². The number of hydrogen-bond donors (Lipinski definition) is 2. The van der Waals surface area contributed by atoms with E-state index in [-0.39, 0.29) is 6.04 Å². The fourth-order valence-corrected chi connectivity index (χ4v) is 2.74. The van der Waals surface area contributed by atoms with Gasteiger partial charge in [0.1, 0.15) is 5.60 Å². The average Bonchev–Trinajstić information content (AvgIpc) is 3.05. The second-order valence-corrected chi connectivity index (χ2v) is 7.92. The van der Waals surface area contributed by atoms with Gasteiger partial charge in [0.05, 0.1) is 6.04 Å². The number of nitrogens with two attached hydrogens (primary N) is 1. The van der Waals surface area contributed by atoms with Crippen LogP contribution in [0.25, 0.3) is 0 Å². The van der Waals surface area contributed by atoms with E-state index in [0.29, 0.717) is 37.0 Å². The summed E-state index contributed by atoms with van der Waals surface area (Å²) in [5.74, 6) is 1.84. The van der Waals surface area contributed by atoms with Crippen molar-refractivity contribution in [3.8, 4) is 0 Å². The molecule has 1 heterocycles. The van der Waals surface area contributed by atoms with Gasteiger partial charge in [-0.2, -0.15) is 4.98 Å². The Morgan fingerprint density at radius 3 is 2.74 bits per heavy atom. The van der Waals surface area contributed by atoms with Gasteiger partial charge in [0.25, 0.3) is 0 Å². The van der Waals surface area contributed by atoms with Gasteiger partial charge in [-0.3, -0.25) is 0 Å². The summed E-state index contributed by atoms with van der Waals surface area (Å²) in [4.78, 5) is 16.0. The molecule has 7 heteroatoms.